The van der Waals surface area contributed by atoms with Crippen molar-refractivity contribution < 1.29 is 4.74 Å². The molecular weight excluding hydrogens is 376 g/mol. The number of anilines is 1. The molecule has 0 amide bonds. The maximum absolute atomic E-state index is 6.16. The number of morpholine rings is 1. The minimum absolute atomic E-state index is 0.0959. The minimum atomic E-state index is 0.0959. The van der Waals surface area contributed by atoms with Gasteiger partial charge in [0.25, 0.3) is 0 Å². The van der Waals surface area contributed by atoms with Gasteiger partial charge in [0, 0.05) is 37.2 Å². The fourth-order valence-electron chi connectivity index (χ4n) is 4.29. The number of halogens is 1. The van der Waals surface area contributed by atoms with E-state index in [1.807, 2.05) is 32.3 Å². The van der Waals surface area contributed by atoms with E-state index in [0.29, 0.717) is 12.1 Å². The second-order valence-corrected chi connectivity index (χ2v) is 8.12. The van der Waals surface area contributed by atoms with E-state index in [-0.39, 0.29) is 6.10 Å². The van der Waals surface area contributed by atoms with Crippen LogP contribution >= 0.6 is 11.6 Å². The van der Waals surface area contributed by atoms with Gasteiger partial charge in [-0.15, -0.1) is 0 Å². The van der Waals surface area contributed by atoms with Gasteiger partial charge in [-0.05, 0) is 31.0 Å². The van der Waals surface area contributed by atoms with Crippen LogP contribution in [0.2, 0.25) is 5.02 Å². The fourth-order valence-corrected chi connectivity index (χ4v) is 4.42. The smallest absolute Gasteiger partial charge is 0.163 e. The lowest BCUT2D eigenvalue weighted by atomic mass is 10.1. The molecule has 5 rings (SSSR count). The Morgan fingerprint density at radius 1 is 1.18 bits per heavy atom. The highest BCUT2D eigenvalue weighted by Crippen LogP contribution is 2.32. The Kier molecular flexibility index (Phi) is 4.45. The highest BCUT2D eigenvalue weighted by atomic mass is 35.5. The molecule has 2 aromatic heterocycles. The summed E-state index contributed by atoms with van der Waals surface area (Å²) in [5.41, 5.74) is 2.04. The monoisotopic (exact) mass is 398 g/mol. The number of nitrogens with zero attached hydrogens (tertiary/aromatic N) is 5. The zero-order chi connectivity index (χ0) is 19.3. The summed E-state index contributed by atoms with van der Waals surface area (Å²) in [6, 6.07) is 8.74. The number of hydrogen-bond donors (Lipinski definition) is 1. The number of ether oxygens (including phenoxy) is 1. The first-order valence-corrected chi connectivity index (χ1v) is 9.98. The maximum atomic E-state index is 6.16. The van der Waals surface area contributed by atoms with Crippen molar-refractivity contribution in [1.82, 2.24) is 24.6 Å². The van der Waals surface area contributed by atoms with Crippen LogP contribution in [0.4, 0.5) is 5.82 Å². The van der Waals surface area contributed by atoms with Crippen LogP contribution in [-0.4, -0.2) is 56.4 Å². The maximum Gasteiger partial charge on any atom is 0.163 e. The lowest BCUT2D eigenvalue weighted by molar-refractivity contribution is -0.0501. The Hall–Kier alpha value is -2.22. The Morgan fingerprint density at radius 2 is 2.00 bits per heavy atom. The van der Waals surface area contributed by atoms with E-state index in [4.69, 9.17) is 16.3 Å². The van der Waals surface area contributed by atoms with Crippen LogP contribution in [0.1, 0.15) is 23.9 Å². The third-order valence-corrected chi connectivity index (χ3v) is 5.96. The van der Waals surface area contributed by atoms with Crippen LogP contribution < -0.4 is 5.32 Å². The molecule has 0 bridgehead atoms. The van der Waals surface area contributed by atoms with Crippen molar-refractivity contribution >= 4 is 28.5 Å². The molecule has 0 radical (unpaired) electrons. The van der Waals surface area contributed by atoms with Gasteiger partial charge in [-0.1, -0.05) is 23.7 Å². The number of rotatable bonds is 3. The first-order valence-electron chi connectivity index (χ1n) is 9.61. The van der Waals surface area contributed by atoms with E-state index in [2.05, 4.69) is 37.4 Å². The summed E-state index contributed by atoms with van der Waals surface area (Å²) in [6.45, 7) is 4.54. The molecule has 0 unspecified atom stereocenters. The topological polar surface area (TPSA) is 68.1 Å². The summed E-state index contributed by atoms with van der Waals surface area (Å²) in [4.78, 5) is 11.7. The highest BCUT2D eigenvalue weighted by molar-refractivity contribution is 6.30. The van der Waals surface area contributed by atoms with Gasteiger partial charge in [-0.3, -0.25) is 9.58 Å². The molecule has 3 atom stereocenters. The van der Waals surface area contributed by atoms with Crippen molar-refractivity contribution in [2.75, 3.05) is 25.0 Å². The van der Waals surface area contributed by atoms with Gasteiger partial charge in [-0.25, -0.2) is 9.97 Å². The van der Waals surface area contributed by atoms with Crippen molar-refractivity contribution in [3.8, 4) is 0 Å². The van der Waals surface area contributed by atoms with Gasteiger partial charge in [0.15, 0.2) is 5.65 Å². The van der Waals surface area contributed by atoms with Gasteiger partial charge in [0.1, 0.15) is 11.6 Å². The van der Waals surface area contributed by atoms with Crippen LogP contribution in [0.3, 0.4) is 0 Å². The molecule has 3 aromatic rings. The lowest BCUT2D eigenvalue weighted by Crippen LogP contribution is -2.42. The fraction of sp³-hybridized carbons (Fsp3) is 0.450. The van der Waals surface area contributed by atoms with Crippen LogP contribution in [0.15, 0.2) is 30.5 Å². The summed E-state index contributed by atoms with van der Waals surface area (Å²) in [6.07, 6.45) is 2.97. The highest BCUT2D eigenvalue weighted by Gasteiger charge is 2.38. The Morgan fingerprint density at radius 3 is 2.82 bits per heavy atom. The Labute approximate surface area is 168 Å². The number of benzene rings is 1. The molecule has 1 N–H and O–H groups in total. The molecule has 8 heteroatoms. The van der Waals surface area contributed by atoms with E-state index in [1.165, 1.54) is 5.56 Å². The lowest BCUT2D eigenvalue weighted by Gasteiger charge is -2.35. The summed E-state index contributed by atoms with van der Waals surface area (Å²) >= 11 is 6.01. The Bertz CT molecular complexity index is 1000. The van der Waals surface area contributed by atoms with Crippen molar-refractivity contribution in [3.63, 3.8) is 0 Å². The van der Waals surface area contributed by atoms with Gasteiger partial charge in [0.2, 0.25) is 0 Å². The molecule has 0 saturated carbocycles. The van der Waals surface area contributed by atoms with Crippen molar-refractivity contribution in [2.45, 2.75) is 31.5 Å². The number of fused-ring (bicyclic) bond motifs is 2. The predicted molar refractivity (Wildman–Crippen MR) is 109 cm³/mol. The zero-order valence-corrected chi connectivity index (χ0v) is 16.7. The van der Waals surface area contributed by atoms with Gasteiger partial charge < -0.3 is 10.1 Å². The van der Waals surface area contributed by atoms with Gasteiger partial charge in [-0.2, -0.15) is 5.10 Å². The zero-order valence-electron chi connectivity index (χ0n) is 16.0. The second-order valence-electron chi connectivity index (χ2n) is 7.68. The molecule has 7 nitrogen and oxygen atoms in total. The number of aryl methyl sites for hydroxylation is 2. The van der Waals surface area contributed by atoms with Crippen molar-refractivity contribution in [1.29, 1.82) is 0 Å². The van der Waals surface area contributed by atoms with E-state index >= 15 is 0 Å². The Balaban J connectivity index is 1.31. The molecule has 28 heavy (non-hydrogen) atoms. The molecule has 2 fully saturated rings. The summed E-state index contributed by atoms with van der Waals surface area (Å²) < 4.78 is 7.95. The standard InChI is InChI=1S/C20H23ClN6O/c1-12-23-19(17-8-22-26(2)20(17)24-12)25-15-7-16-11-28-18(10-27(16)9-15)13-3-5-14(21)6-4-13/h3-6,8,15-16,18H,7,9-11H2,1-2H3,(H,23,24,25)/t15-,16+,18-/m1/s1. The van der Waals surface area contributed by atoms with Crippen molar-refractivity contribution in [2.24, 2.45) is 7.05 Å². The third kappa shape index (κ3) is 3.23. The van der Waals surface area contributed by atoms with E-state index < -0.39 is 0 Å². The molecule has 4 heterocycles. The van der Waals surface area contributed by atoms with Crippen molar-refractivity contribution in [3.05, 3.63) is 46.9 Å². The predicted octanol–water partition coefficient (Wildman–Crippen LogP) is 2.95. The number of aromatic nitrogens is 4. The SMILES string of the molecule is Cc1nc(N[C@@H]2C[C@H]3CO[C@@H](c4ccc(Cl)cc4)CN3C2)c2cnn(C)c2n1. The summed E-state index contributed by atoms with van der Waals surface area (Å²) in [5, 5.41) is 9.69. The molecule has 0 aliphatic carbocycles. The number of hydrogen-bond acceptors (Lipinski definition) is 6. The second kappa shape index (κ2) is 6.99. The normalized spacial score (nSPS) is 25.2. The minimum Gasteiger partial charge on any atom is -0.371 e. The van der Waals surface area contributed by atoms with Gasteiger partial charge in [0.05, 0.1) is 24.3 Å². The average Bonchev–Trinajstić information content (AvgIpc) is 3.25. The first-order chi connectivity index (χ1) is 13.6. The van der Waals surface area contributed by atoms with Gasteiger partial charge >= 0.3 is 0 Å². The van der Waals surface area contributed by atoms with E-state index in [0.717, 1.165) is 53.8 Å². The van der Waals surface area contributed by atoms with E-state index in [9.17, 15) is 0 Å². The van der Waals surface area contributed by atoms with E-state index in [1.54, 1.807) is 4.68 Å². The molecule has 2 aliphatic rings. The molecular formula is C20H23ClN6O. The van der Waals surface area contributed by atoms with Crippen LogP contribution in [-0.2, 0) is 11.8 Å². The molecule has 146 valence electrons. The summed E-state index contributed by atoms with van der Waals surface area (Å²) in [7, 11) is 1.91. The molecule has 1 aromatic carbocycles. The summed E-state index contributed by atoms with van der Waals surface area (Å²) in [5.74, 6) is 1.62. The van der Waals surface area contributed by atoms with Crippen LogP contribution in [0, 0.1) is 6.92 Å². The quantitative estimate of drug-likeness (QED) is 0.731. The first kappa shape index (κ1) is 17.8. The van der Waals surface area contributed by atoms with Crippen LogP contribution in [0.5, 0.6) is 0 Å². The average molecular weight is 399 g/mol. The van der Waals surface area contributed by atoms with Crippen LogP contribution in [0.25, 0.3) is 11.0 Å². The molecule has 2 saturated heterocycles. The largest absolute Gasteiger partial charge is 0.371 e. The molecule has 0 spiro atoms. The third-order valence-electron chi connectivity index (χ3n) is 5.70. The number of nitrogens with one attached hydrogen (secondary N) is 1. The molecule has 2 aliphatic heterocycles.